The smallest absolute Gasteiger partial charge is 0.129 e. The van der Waals surface area contributed by atoms with E-state index in [0.29, 0.717) is 15.8 Å². The van der Waals surface area contributed by atoms with Gasteiger partial charge in [-0.3, -0.25) is 0 Å². The lowest BCUT2D eigenvalue weighted by atomic mass is 9.92. The second-order valence-corrected chi connectivity index (χ2v) is 6.66. The van der Waals surface area contributed by atoms with Gasteiger partial charge in [0.2, 0.25) is 0 Å². The highest BCUT2D eigenvalue weighted by molar-refractivity contribution is 9.10. The molecule has 2 aromatic carbocycles. The summed E-state index contributed by atoms with van der Waals surface area (Å²) in [6.07, 6.45) is 0. The Morgan fingerprint density at radius 2 is 1.86 bits per heavy atom. The minimum Gasteiger partial charge on any atom is -0.496 e. The Morgan fingerprint density at radius 1 is 1.19 bits per heavy atom. The van der Waals surface area contributed by atoms with Crippen molar-refractivity contribution in [3.63, 3.8) is 0 Å². The van der Waals surface area contributed by atoms with Gasteiger partial charge in [-0.05, 0) is 43.2 Å². The van der Waals surface area contributed by atoms with Crippen LogP contribution in [0.2, 0.25) is 0 Å². The van der Waals surface area contributed by atoms with Crippen molar-refractivity contribution < 1.29 is 9.13 Å². The number of halogens is 3. The molecule has 21 heavy (non-hydrogen) atoms. The number of nitrogens with two attached hydrogens (primary N) is 1. The number of methoxy groups -OCH3 is 1. The van der Waals surface area contributed by atoms with Crippen LogP contribution in [-0.4, -0.2) is 7.11 Å². The zero-order chi connectivity index (χ0) is 15.7. The monoisotopic (exact) mass is 415 g/mol. The molecule has 112 valence electrons. The van der Waals surface area contributed by atoms with Crippen molar-refractivity contribution in [2.24, 2.45) is 5.73 Å². The largest absolute Gasteiger partial charge is 0.496 e. The van der Waals surface area contributed by atoms with Gasteiger partial charge in [-0.15, -0.1) is 0 Å². The van der Waals surface area contributed by atoms with Crippen LogP contribution in [-0.2, 0) is 0 Å². The second-order valence-electron chi connectivity index (χ2n) is 4.89. The van der Waals surface area contributed by atoms with Crippen LogP contribution >= 0.6 is 31.9 Å². The molecule has 0 aliphatic carbocycles. The molecule has 0 saturated heterocycles. The third-order valence-corrected chi connectivity index (χ3v) is 4.84. The van der Waals surface area contributed by atoms with Crippen molar-refractivity contribution >= 4 is 31.9 Å². The molecule has 2 nitrogen and oxygen atoms in total. The summed E-state index contributed by atoms with van der Waals surface area (Å²) in [5.41, 5.74) is 9.47. The van der Waals surface area contributed by atoms with Gasteiger partial charge in [-0.1, -0.05) is 37.9 Å². The molecule has 2 N–H and O–H groups in total. The Balaban J connectivity index is 2.65. The van der Waals surface area contributed by atoms with Crippen LogP contribution in [0.3, 0.4) is 0 Å². The van der Waals surface area contributed by atoms with E-state index < -0.39 is 6.04 Å². The van der Waals surface area contributed by atoms with Gasteiger partial charge in [-0.25, -0.2) is 4.39 Å². The highest BCUT2D eigenvalue weighted by Gasteiger charge is 2.22. The minimum atomic E-state index is -0.593. The molecule has 0 aliphatic heterocycles. The molecule has 2 rings (SSSR count). The molecule has 0 bridgehead atoms. The molecule has 0 spiro atoms. The third kappa shape index (κ3) is 3.15. The predicted octanol–water partition coefficient (Wildman–Crippen LogP) is 5.02. The summed E-state index contributed by atoms with van der Waals surface area (Å²) in [5.74, 6) is 0.362. The van der Waals surface area contributed by atoms with Gasteiger partial charge in [0, 0.05) is 20.1 Å². The zero-order valence-electron chi connectivity index (χ0n) is 12.0. The van der Waals surface area contributed by atoms with Crippen LogP contribution in [0.1, 0.15) is 28.3 Å². The van der Waals surface area contributed by atoms with Crippen LogP contribution < -0.4 is 10.5 Å². The van der Waals surface area contributed by atoms with E-state index in [9.17, 15) is 4.39 Å². The van der Waals surface area contributed by atoms with Crippen molar-refractivity contribution in [1.82, 2.24) is 0 Å². The highest BCUT2D eigenvalue weighted by atomic mass is 79.9. The highest BCUT2D eigenvalue weighted by Crippen LogP contribution is 2.38. The summed E-state index contributed by atoms with van der Waals surface area (Å²) in [6.45, 7) is 3.88. The molecule has 0 aromatic heterocycles. The van der Waals surface area contributed by atoms with Gasteiger partial charge in [0.1, 0.15) is 11.6 Å². The lowest BCUT2D eigenvalue weighted by molar-refractivity contribution is 0.403. The molecular formula is C16H16Br2FNO. The van der Waals surface area contributed by atoms with Crippen molar-refractivity contribution in [3.05, 3.63) is 61.3 Å². The number of rotatable bonds is 3. The lowest BCUT2D eigenvalue weighted by Gasteiger charge is -2.22. The topological polar surface area (TPSA) is 35.2 Å². The first-order valence-corrected chi connectivity index (χ1v) is 7.99. The Hall–Kier alpha value is -0.910. The van der Waals surface area contributed by atoms with E-state index in [1.54, 1.807) is 19.2 Å². The molecule has 1 atom stereocenters. The molecule has 0 saturated carbocycles. The van der Waals surface area contributed by atoms with E-state index >= 15 is 0 Å². The minimum absolute atomic E-state index is 0.337. The molecular weight excluding hydrogens is 401 g/mol. The molecule has 5 heteroatoms. The van der Waals surface area contributed by atoms with Crippen LogP contribution in [0, 0.1) is 19.7 Å². The Morgan fingerprint density at radius 3 is 2.43 bits per heavy atom. The number of benzene rings is 2. The maximum atomic E-state index is 14.2. The fourth-order valence-corrected chi connectivity index (χ4v) is 3.32. The molecule has 0 fully saturated rings. The van der Waals surface area contributed by atoms with Crippen molar-refractivity contribution in [3.8, 4) is 5.75 Å². The van der Waals surface area contributed by atoms with E-state index in [-0.39, 0.29) is 5.82 Å². The number of aryl methyl sites for hydroxylation is 1. The SMILES string of the molecule is COc1c(C)cc(Br)c(C)c1C(N)c1ccc(Br)cc1F. The summed E-state index contributed by atoms with van der Waals surface area (Å²) in [7, 11) is 1.60. The van der Waals surface area contributed by atoms with Gasteiger partial charge >= 0.3 is 0 Å². The Kier molecular flexibility index (Phi) is 5.07. The van der Waals surface area contributed by atoms with E-state index in [2.05, 4.69) is 31.9 Å². The maximum Gasteiger partial charge on any atom is 0.129 e. The number of ether oxygens (including phenoxy) is 1. The van der Waals surface area contributed by atoms with Crippen molar-refractivity contribution in [2.45, 2.75) is 19.9 Å². The molecule has 0 heterocycles. The van der Waals surface area contributed by atoms with Gasteiger partial charge in [0.15, 0.2) is 0 Å². The Bertz CT molecular complexity index is 688. The lowest BCUT2D eigenvalue weighted by Crippen LogP contribution is -2.17. The van der Waals surface area contributed by atoms with Gasteiger partial charge < -0.3 is 10.5 Å². The molecule has 1 unspecified atom stereocenters. The van der Waals surface area contributed by atoms with Crippen LogP contribution in [0.15, 0.2) is 33.2 Å². The van der Waals surface area contributed by atoms with E-state index in [4.69, 9.17) is 10.5 Å². The van der Waals surface area contributed by atoms with Crippen LogP contribution in [0.25, 0.3) is 0 Å². The number of hydrogen-bond acceptors (Lipinski definition) is 2. The normalized spacial score (nSPS) is 12.3. The Labute approximate surface area is 140 Å². The molecule has 0 radical (unpaired) electrons. The third-order valence-electron chi connectivity index (χ3n) is 3.52. The predicted molar refractivity (Wildman–Crippen MR) is 90.3 cm³/mol. The van der Waals surface area contributed by atoms with Gasteiger partial charge in [-0.2, -0.15) is 0 Å². The molecule has 2 aromatic rings. The average molecular weight is 417 g/mol. The van der Waals surface area contributed by atoms with Crippen LogP contribution in [0.4, 0.5) is 4.39 Å². The van der Waals surface area contributed by atoms with E-state index in [1.165, 1.54) is 6.07 Å². The van der Waals surface area contributed by atoms with Crippen molar-refractivity contribution in [1.29, 1.82) is 0 Å². The number of hydrogen-bond donors (Lipinski definition) is 1. The first-order chi connectivity index (χ1) is 9.86. The van der Waals surface area contributed by atoms with Crippen LogP contribution in [0.5, 0.6) is 5.75 Å². The molecule has 0 aliphatic rings. The van der Waals surface area contributed by atoms with E-state index in [0.717, 1.165) is 21.2 Å². The fourth-order valence-electron chi connectivity index (χ4n) is 2.43. The van der Waals surface area contributed by atoms with Gasteiger partial charge in [0.25, 0.3) is 0 Å². The summed E-state index contributed by atoms with van der Waals surface area (Å²) < 4.78 is 21.3. The second kappa shape index (κ2) is 6.46. The standard InChI is InChI=1S/C16H16Br2FNO/c1-8-6-12(18)9(2)14(16(8)21-3)15(20)11-5-4-10(17)7-13(11)19/h4-7,15H,20H2,1-3H3. The fraction of sp³-hybridized carbons (Fsp3) is 0.250. The first kappa shape index (κ1) is 16.5. The molecule has 0 amide bonds. The summed E-state index contributed by atoms with van der Waals surface area (Å²) >= 11 is 6.77. The summed E-state index contributed by atoms with van der Waals surface area (Å²) in [4.78, 5) is 0. The average Bonchev–Trinajstić information content (AvgIpc) is 2.41. The summed E-state index contributed by atoms with van der Waals surface area (Å²) in [6, 6.07) is 6.28. The maximum absolute atomic E-state index is 14.2. The van der Waals surface area contributed by atoms with Gasteiger partial charge in [0.05, 0.1) is 13.2 Å². The zero-order valence-corrected chi connectivity index (χ0v) is 15.2. The first-order valence-electron chi connectivity index (χ1n) is 6.41. The van der Waals surface area contributed by atoms with Crippen molar-refractivity contribution in [2.75, 3.05) is 7.11 Å². The quantitative estimate of drug-likeness (QED) is 0.761. The summed E-state index contributed by atoms with van der Waals surface area (Å²) in [5, 5.41) is 0. The van der Waals surface area contributed by atoms with E-state index in [1.807, 2.05) is 19.9 Å².